The molecule has 0 aliphatic carbocycles. The highest BCUT2D eigenvalue weighted by Crippen LogP contribution is 2.14. The Hall–Kier alpha value is -1.55. The summed E-state index contributed by atoms with van der Waals surface area (Å²) >= 11 is 5.82. The highest BCUT2D eigenvalue weighted by molar-refractivity contribution is 6.29. The van der Waals surface area contributed by atoms with E-state index in [1.807, 2.05) is 29.2 Å². The van der Waals surface area contributed by atoms with Gasteiger partial charge in [-0.3, -0.25) is 4.68 Å². The predicted molar refractivity (Wildman–Crippen MR) is 73.8 cm³/mol. The van der Waals surface area contributed by atoms with Crippen molar-refractivity contribution in [1.29, 1.82) is 0 Å². The molecule has 0 spiro atoms. The van der Waals surface area contributed by atoms with Crippen LogP contribution in [0.4, 0.5) is 5.82 Å². The van der Waals surface area contributed by atoms with Crippen LogP contribution in [0.15, 0.2) is 30.6 Å². The van der Waals surface area contributed by atoms with Crippen molar-refractivity contribution in [3.8, 4) is 0 Å². The maximum Gasteiger partial charge on any atom is 0.131 e. The maximum atomic E-state index is 5.82. The first-order valence-electron chi connectivity index (χ1n) is 5.85. The molecule has 0 saturated carbocycles. The Balaban J connectivity index is 2.01. The lowest BCUT2D eigenvalue weighted by Crippen LogP contribution is -2.21. The van der Waals surface area contributed by atoms with Crippen LogP contribution < -0.4 is 5.32 Å². The second-order valence-corrected chi connectivity index (χ2v) is 5.55. The third kappa shape index (κ3) is 3.23. The summed E-state index contributed by atoms with van der Waals surface area (Å²) in [6, 6.07) is 5.51. The van der Waals surface area contributed by atoms with E-state index in [-0.39, 0.29) is 5.54 Å². The van der Waals surface area contributed by atoms with Crippen molar-refractivity contribution in [2.45, 2.75) is 32.9 Å². The largest absolute Gasteiger partial charge is 0.366 e. The zero-order valence-electron chi connectivity index (χ0n) is 10.8. The molecule has 0 aliphatic heterocycles. The van der Waals surface area contributed by atoms with Gasteiger partial charge >= 0.3 is 0 Å². The molecule has 2 aromatic rings. The van der Waals surface area contributed by atoms with E-state index in [2.05, 4.69) is 36.2 Å². The Morgan fingerprint density at radius 1 is 1.33 bits per heavy atom. The number of hydrogen-bond donors (Lipinski definition) is 1. The normalized spacial score (nSPS) is 11.6. The zero-order chi connectivity index (χ0) is 13.2. The molecule has 0 aromatic carbocycles. The lowest BCUT2D eigenvalue weighted by atomic mass is 10.1. The Morgan fingerprint density at radius 2 is 2.11 bits per heavy atom. The Morgan fingerprint density at radius 3 is 2.72 bits per heavy atom. The van der Waals surface area contributed by atoms with Gasteiger partial charge in [0, 0.05) is 18.3 Å². The molecule has 0 radical (unpaired) electrons. The van der Waals surface area contributed by atoms with Gasteiger partial charge in [0.15, 0.2) is 0 Å². The molecule has 0 saturated heterocycles. The van der Waals surface area contributed by atoms with E-state index < -0.39 is 0 Å². The third-order valence-electron chi connectivity index (χ3n) is 2.51. The van der Waals surface area contributed by atoms with E-state index in [4.69, 9.17) is 11.6 Å². The van der Waals surface area contributed by atoms with Gasteiger partial charge in [0.05, 0.1) is 11.7 Å². The van der Waals surface area contributed by atoms with Crippen LogP contribution in [-0.4, -0.2) is 14.8 Å². The smallest absolute Gasteiger partial charge is 0.131 e. The van der Waals surface area contributed by atoms with Gasteiger partial charge in [-0.2, -0.15) is 5.10 Å². The monoisotopic (exact) mass is 264 g/mol. The fourth-order valence-corrected chi connectivity index (χ4v) is 1.68. The van der Waals surface area contributed by atoms with Crippen LogP contribution in [0.25, 0.3) is 0 Å². The minimum Gasteiger partial charge on any atom is -0.366 e. The summed E-state index contributed by atoms with van der Waals surface area (Å²) in [6.45, 7) is 7.05. The van der Waals surface area contributed by atoms with Gasteiger partial charge in [-0.1, -0.05) is 17.7 Å². The van der Waals surface area contributed by atoms with Gasteiger partial charge in [0.25, 0.3) is 0 Å². The molecule has 5 heteroatoms. The second kappa shape index (κ2) is 4.98. The molecular weight excluding hydrogens is 248 g/mol. The first-order chi connectivity index (χ1) is 8.45. The number of hydrogen-bond acceptors (Lipinski definition) is 3. The van der Waals surface area contributed by atoms with Crippen molar-refractivity contribution < 1.29 is 0 Å². The van der Waals surface area contributed by atoms with Crippen molar-refractivity contribution in [3.63, 3.8) is 0 Å². The molecule has 2 aromatic heterocycles. The van der Waals surface area contributed by atoms with Gasteiger partial charge < -0.3 is 5.32 Å². The molecular formula is C13H17ClN4. The van der Waals surface area contributed by atoms with Gasteiger partial charge in [0.2, 0.25) is 0 Å². The van der Waals surface area contributed by atoms with Crippen LogP contribution in [0, 0.1) is 0 Å². The van der Waals surface area contributed by atoms with Crippen molar-refractivity contribution in [2.24, 2.45) is 0 Å². The van der Waals surface area contributed by atoms with Crippen LogP contribution in [0.1, 0.15) is 26.3 Å². The summed E-state index contributed by atoms with van der Waals surface area (Å²) in [4.78, 5) is 4.17. The first-order valence-corrected chi connectivity index (χ1v) is 6.23. The molecule has 0 aliphatic rings. The Bertz CT molecular complexity index is 528. The molecule has 4 nitrogen and oxygen atoms in total. The molecule has 0 bridgehead atoms. The number of anilines is 1. The summed E-state index contributed by atoms with van der Waals surface area (Å²) in [5.74, 6) is 0.769. The van der Waals surface area contributed by atoms with Crippen LogP contribution in [0.5, 0.6) is 0 Å². The maximum absolute atomic E-state index is 5.82. The second-order valence-electron chi connectivity index (χ2n) is 5.16. The SMILES string of the molecule is CC(C)(C)n1cc(CNc2cccc(Cl)n2)cn1. The highest BCUT2D eigenvalue weighted by Gasteiger charge is 2.13. The minimum atomic E-state index is 0.00650. The van der Waals surface area contributed by atoms with Crippen LogP contribution in [0.2, 0.25) is 5.15 Å². The molecule has 0 fully saturated rings. The molecule has 2 heterocycles. The van der Waals surface area contributed by atoms with Gasteiger partial charge in [-0.25, -0.2) is 4.98 Å². The summed E-state index contributed by atoms with van der Waals surface area (Å²) in [6.07, 6.45) is 3.90. The average molecular weight is 265 g/mol. The minimum absolute atomic E-state index is 0.00650. The number of nitrogens with zero attached hydrogens (tertiary/aromatic N) is 3. The molecule has 1 N–H and O–H groups in total. The molecule has 0 amide bonds. The van der Waals surface area contributed by atoms with Crippen LogP contribution >= 0.6 is 11.6 Å². The van der Waals surface area contributed by atoms with Crippen LogP contribution in [0.3, 0.4) is 0 Å². The van der Waals surface area contributed by atoms with Crippen molar-refractivity contribution in [2.75, 3.05) is 5.32 Å². The van der Waals surface area contributed by atoms with Gasteiger partial charge in [-0.05, 0) is 32.9 Å². The van der Waals surface area contributed by atoms with E-state index in [1.54, 1.807) is 6.07 Å². The van der Waals surface area contributed by atoms with Gasteiger partial charge in [0.1, 0.15) is 11.0 Å². The first kappa shape index (κ1) is 12.9. The van der Waals surface area contributed by atoms with E-state index in [1.165, 1.54) is 0 Å². The standard InChI is InChI=1S/C13H17ClN4/c1-13(2,3)18-9-10(8-16-18)7-15-12-6-4-5-11(14)17-12/h4-6,8-9H,7H2,1-3H3,(H,15,17). The van der Waals surface area contributed by atoms with E-state index >= 15 is 0 Å². The fourth-order valence-electron chi connectivity index (χ4n) is 1.52. The third-order valence-corrected chi connectivity index (χ3v) is 2.72. The van der Waals surface area contributed by atoms with E-state index in [0.717, 1.165) is 11.4 Å². The van der Waals surface area contributed by atoms with E-state index in [9.17, 15) is 0 Å². The van der Waals surface area contributed by atoms with Crippen molar-refractivity contribution >= 4 is 17.4 Å². The lowest BCUT2D eigenvalue weighted by Gasteiger charge is -2.18. The topological polar surface area (TPSA) is 42.7 Å². The van der Waals surface area contributed by atoms with Gasteiger partial charge in [-0.15, -0.1) is 0 Å². The van der Waals surface area contributed by atoms with Crippen LogP contribution in [-0.2, 0) is 12.1 Å². The predicted octanol–water partition coefficient (Wildman–Crippen LogP) is 3.30. The quantitative estimate of drug-likeness (QED) is 0.865. The summed E-state index contributed by atoms with van der Waals surface area (Å²) < 4.78 is 1.95. The number of nitrogens with one attached hydrogen (secondary N) is 1. The summed E-state index contributed by atoms with van der Waals surface area (Å²) in [5, 5.41) is 8.06. The molecule has 0 atom stereocenters. The summed E-state index contributed by atoms with van der Waals surface area (Å²) in [7, 11) is 0. The average Bonchev–Trinajstić information content (AvgIpc) is 2.74. The van der Waals surface area contributed by atoms with Crippen molar-refractivity contribution in [1.82, 2.24) is 14.8 Å². The Labute approximate surface area is 112 Å². The number of aromatic nitrogens is 3. The molecule has 0 unspecified atom stereocenters. The number of pyridine rings is 1. The molecule has 96 valence electrons. The lowest BCUT2D eigenvalue weighted by molar-refractivity contribution is 0.355. The molecule has 18 heavy (non-hydrogen) atoms. The van der Waals surface area contributed by atoms with E-state index in [0.29, 0.717) is 11.7 Å². The number of rotatable bonds is 3. The highest BCUT2D eigenvalue weighted by atomic mass is 35.5. The summed E-state index contributed by atoms with van der Waals surface area (Å²) in [5.41, 5.74) is 1.12. The fraction of sp³-hybridized carbons (Fsp3) is 0.385. The Kier molecular flexibility index (Phi) is 3.57. The number of halogens is 1. The van der Waals surface area contributed by atoms with Crippen molar-refractivity contribution in [3.05, 3.63) is 41.3 Å². The zero-order valence-corrected chi connectivity index (χ0v) is 11.6. The molecule has 2 rings (SSSR count).